The lowest BCUT2D eigenvalue weighted by Crippen LogP contribution is -2.60. The standard InChI is InChI=1S/C16H22N2/c1-11-8-12-9-15-14(5-2-6-17-15)16(10-11)13(12)4-3-7-18-16/h2,5-6,11-13,18H,3-4,7-10H2,1H3/t11-,12-,13+,16-/m1/s1. The number of aromatic nitrogens is 1. The lowest BCUT2D eigenvalue weighted by molar-refractivity contribution is 0.00805. The molecule has 0 spiro atoms. The van der Waals surface area contributed by atoms with E-state index in [4.69, 9.17) is 0 Å². The van der Waals surface area contributed by atoms with E-state index in [0.29, 0.717) is 0 Å². The van der Waals surface area contributed by atoms with Crippen LogP contribution in [0.2, 0.25) is 0 Å². The zero-order valence-corrected chi connectivity index (χ0v) is 11.2. The molecule has 4 atom stereocenters. The first-order valence-corrected chi connectivity index (χ1v) is 7.49. The van der Waals surface area contributed by atoms with Gasteiger partial charge in [-0.1, -0.05) is 13.0 Å². The van der Waals surface area contributed by atoms with Gasteiger partial charge in [-0.25, -0.2) is 0 Å². The fourth-order valence-corrected chi connectivity index (χ4v) is 5.07. The fraction of sp³-hybridized carbons (Fsp3) is 0.688. The van der Waals surface area contributed by atoms with Gasteiger partial charge in [0.2, 0.25) is 0 Å². The van der Waals surface area contributed by atoms with Crippen LogP contribution in [0.1, 0.15) is 43.9 Å². The Kier molecular flexibility index (Phi) is 2.32. The molecule has 18 heavy (non-hydrogen) atoms. The highest BCUT2D eigenvalue weighted by atomic mass is 15.0. The summed E-state index contributed by atoms with van der Waals surface area (Å²) in [7, 11) is 0. The van der Waals surface area contributed by atoms with Crippen LogP contribution >= 0.6 is 0 Å². The highest BCUT2D eigenvalue weighted by Crippen LogP contribution is 2.54. The molecule has 2 fully saturated rings. The molecular weight excluding hydrogens is 220 g/mol. The van der Waals surface area contributed by atoms with Crippen LogP contribution in [0.4, 0.5) is 0 Å². The Morgan fingerprint density at radius 1 is 1.44 bits per heavy atom. The topological polar surface area (TPSA) is 24.9 Å². The van der Waals surface area contributed by atoms with E-state index < -0.39 is 0 Å². The Hall–Kier alpha value is -0.890. The van der Waals surface area contributed by atoms with E-state index >= 15 is 0 Å². The monoisotopic (exact) mass is 242 g/mol. The minimum absolute atomic E-state index is 0.266. The third-order valence-corrected chi connectivity index (χ3v) is 5.54. The summed E-state index contributed by atoms with van der Waals surface area (Å²) in [5, 5.41) is 3.91. The molecule has 1 saturated heterocycles. The molecule has 2 heterocycles. The van der Waals surface area contributed by atoms with Crippen molar-refractivity contribution in [1.29, 1.82) is 0 Å². The molecule has 0 radical (unpaired) electrons. The number of pyridine rings is 1. The Balaban J connectivity index is 1.90. The number of hydrogen-bond acceptors (Lipinski definition) is 2. The second-order valence-corrected chi connectivity index (χ2v) is 6.65. The third-order valence-electron chi connectivity index (χ3n) is 5.54. The van der Waals surface area contributed by atoms with Crippen LogP contribution in [-0.4, -0.2) is 11.5 Å². The maximum Gasteiger partial charge on any atom is 0.0486 e. The smallest absolute Gasteiger partial charge is 0.0486 e. The predicted molar refractivity (Wildman–Crippen MR) is 72.2 cm³/mol. The predicted octanol–water partition coefficient (Wildman–Crippen LogP) is 2.88. The second kappa shape index (κ2) is 3.80. The van der Waals surface area contributed by atoms with Gasteiger partial charge in [0.25, 0.3) is 0 Å². The van der Waals surface area contributed by atoms with Gasteiger partial charge < -0.3 is 5.32 Å². The lowest BCUT2D eigenvalue weighted by Gasteiger charge is -2.57. The molecule has 1 saturated carbocycles. The number of hydrogen-bond donors (Lipinski definition) is 1. The van der Waals surface area contributed by atoms with E-state index in [9.17, 15) is 0 Å². The molecule has 0 unspecified atom stereocenters. The quantitative estimate of drug-likeness (QED) is 0.756. The molecular formula is C16H22N2. The molecule has 1 N–H and O–H groups in total. The van der Waals surface area contributed by atoms with E-state index in [0.717, 1.165) is 17.8 Å². The second-order valence-electron chi connectivity index (χ2n) is 6.65. The number of rotatable bonds is 0. The Morgan fingerprint density at radius 2 is 2.39 bits per heavy atom. The van der Waals surface area contributed by atoms with Gasteiger partial charge in [-0.15, -0.1) is 0 Å². The van der Waals surface area contributed by atoms with Crippen molar-refractivity contribution in [3.8, 4) is 0 Å². The van der Waals surface area contributed by atoms with Crippen molar-refractivity contribution in [3.63, 3.8) is 0 Å². The first-order chi connectivity index (χ1) is 8.79. The molecule has 2 heteroatoms. The van der Waals surface area contributed by atoms with Crippen molar-refractivity contribution in [2.24, 2.45) is 17.8 Å². The van der Waals surface area contributed by atoms with Crippen molar-refractivity contribution in [1.82, 2.24) is 10.3 Å². The first kappa shape index (κ1) is 11.0. The Labute approximate surface area is 109 Å². The van der Waals surface area contributed by atoms with Crippen LogP contribution in [0.15, 0.2) is 18.3 Å². The maximum absolute atomic E-state index is 4.67. The summed E-state index contributed by atoms with van der Waals surface area (Å²) in [5.74, 6) is 2.58. The molecule has 0 amide bonds. The number of piperidine rings is 1. The highest BCUT2D eigenvalue weighted by Gasteiger charge is 2.53. The van der Waals surface area contributed by atoms with E-state index in [-0.39, 0.29) is 5.54 Å². The van der Waals surface area contributed by atoms with Crippen LogP contribution in [0.3, 0.4) is 0 Å². The van der Waals surface area contributed by atoms with Gasteiger partial charge in [-0.3, -0.25) is 4.98 Å². The molecule has 2 nitrogen and oxygen atoms in total. The molecule has 0 aromatic carbocycles. The highest BCUT2D eigenvalue weighted by molar-refractivity contribution is 5.35. The average molecular weight is 242 g/mol. The minimum atomic E-state index is 0.266. The van der Waals surface area contributed by atoms with E-state index in [1.54, 1.807) is 0 Å². The van der Waals surface area contributed by atoms with E-state index in [2.05, 4.69) is 29.4 Å². The number of fused-ring (bicyclic) bond motifs is 1. The van der Waals surface area contributed by atoms with Crippen LogP contribution < -0.4 is 5.32 Å². The molecule has 1 aromatic rings. The molecule has 96 valence electrons. The van der Waals surface area contributed by atoms with Crippen molar-refractivity contribution >= 4 is 0 Å². The summed E-state index contributed by atoms with van der Waals surface area (Å²) < 4.78 is 0. The van der Waals surface area contributed by atoms with Gasteiger partial charge in [0.1, 0.15) is 0 Å². The zero-order chi connectivity index (χ0) is 12.2. The largest absolute Gasteiger partial charge is 0.307 e. The first-order valence-electron chi connectivity index (χ1n) is 7.49. The summed E-state index contributed by atoms with van der Waals surface area (Å²) >= 11 is 0. The van der Waals surface area contributed by atoms with Crippen LogP contribution in [0, 0.1) is 17.8 Å². The van der Waals surface area contributed by atoms with Crippen molar-refractivity contribution in [2.75, 3.05) is 6.54 Å². The number of nitrogens with one attached hydrogen (secondary N) is 1. The van der Waals surface area contributed by atoms with Crippen molar-refractivity contribution in [2.45, 2.75) is 44.6 Å². The van der Waals surface area contributed by atoms with Crippen molar-refractivity contribution in [3.05, 3.63) is 29.6 Å². The summed E-state index contributed by atoms with van der Waals surface area (Å²) in [6, 6.07) is 4.46. The SMILES string of the molecule is C[C@@H]1C[C@@H]2Cc3ncccc3[C@]3(C1)NCCC[C@@H]23. The molecule has 2 bridgehead atoms. The van der Waals surface area contributed by atoms with Gasteiger partial charge in [0.05, 0.1) is 0 Å². The minimum Gasteiger partial charge on any atom is -0.307 e. The van der Waals surface area contributed by atoms with Crippen LogP contribution in [0.25, 0.3) is 0 Å². The van der Waals surface area contributed by atoms with Gasteiger partial charge >= 0.3 is 0 Å². The van der Waals surface area contributed by atoms with Gasteiger partial charge in [-0.05, 0) is 68.0 Å². The Bertz CT molecular complexity index is 470. The van der Waals surface area contributed by atoms with Gasteiger partial charge in [0.15, 0.2) is 0 Å². The number of nitrogens with zero attached hydrogens (tertiary/aromatic N) is 1. The molecule has 1 aromatic heterocycles. The average Bonchev–Trinajstić information content (AvgIpc) is 2.38. The van der Waals surface area contributed by atoms with E-state index in [1.807, 2.05) is 6.20 Å². The molecule has 1 aliphatic heterocycles. The Morgan fingerprint density at radius 3 is 3.33 bits per heavy atom. The summed E-state index contributed by atoms with van der Waals surface area (Å²) in [6.07, 6.45) is 8.68. The normalized spacial score (nSPS) is 41.9. The molecule has 4 rings (SSSR count). The summed E-state index contributed by atoms with van der Waals surface area (Å²) in [5.41, 5.74) is 3.17. The van der Waals surface area contributed by atoms with Gasteiger partial charge in [-0.2, -0.15) is 0 Å². The van der Waals surface area contributed by atoms with Gasteiger partial charge in [0, 0.05) is 17.4 Å². The molecule has 3 aliphatic rings. The fourth-order valence-electron chi connectivity index (χ4n) is 5.07. The summed E-state index contributed by atoms with van der Waals surface area (Å²) in [4.78, 5) is 4.67. The zero-order valence-electron chi connectivity index (χ0n) is 11.2. The van der Waals surface area contributed by atoms with Crippen LogP contribution in [0.5, 0.6) is 0 Å². The molecule has 2 aliphatic carbocycles. The maximum atomic E-state index is 4.67. The van der Waals surface area contributed by atoms with Crippen LogP contribution in [-0.2, 0) is 12.0 Å². The summed E-state index contributed by atoms with van der Waals surface area (Å²) in [6.45, 7) is 3.62. The third kappa shape index (κ3) is 1.36. The van der Waals surface area contributed by atoms with E-state index in [1.165, 1.54) is 49.9 Å². The lowest BCUT2D eigenvalue weighted by atomic mass is 9.54. The van der Waals surface area contributed by atoms with Crippen molar-refractivity contribution < 1.29 is 0 Å².